The third-order valence-corrected chi connectivity index (χ3v) is 2.45. The summed E-state index contributed by atoms with van der Waals surface area (Å²) >= 11 is 0. The standard InChI is InChI=1S/C13H11N3O4/c1-20-11-3-2-8(6-15-11)12(17)16-10-4-9(13(18)19)5-14-7-10/h2-7H,1H3,(H,16,17)(H,18,19). The summed E-state index contributed by atoms with van der Waals surface area (Å²) in [6.45, 7) is 0. The summed E-state index contributed by atoms with van der Waals surface area (Å²) in [5.74, 6) is -1.12. The van der Waals surface area contributed by atoms with Crippen LogP contribution in [0.25, 0.3) is 0 Å². The molecule has 102 valence electrons. The Morgan fingerprint density at radius 3 is 2.60 bits per heavy atom. The number of carboxylic acids is 1. The van der Waals surface area contributed by atoms with Crippen molar-refractivity contribution < 1.29 is 19.4 Å². The van der Waals surface area contributed by atoms with Crippen molar-refractivity contribution in [2.45, 2.75) is 0 Å². The van der Waals surface area contributed by atoms with Gasteiger partial charge in [0.1, 0.15) is 0 Å². The Labute approximate surface area is 114 Å². The third kappa shape index (κ3) is 3.08. The van der Waals surface area contributed by atoms with E-state index < -0.39 is 11.9 Å². The van der Waals surface area contributed by atoms with Crippen molar-refractivity contribution in [1.29, 1.82) is 0 Å². The first-order chi connectivity index (χ1) is 9.60. The van der Waals surface area contributed by atoms with Crippen molar-refractivity contribution >= 4 is 17.6 Å². The molecular weight excluding hydrogens is 262 g/mol. The number of methoxy groups -OCH3 is 1. The van der Waals surface area contributed by atoms with Crippen LogP contribution in [0, 0.1) is 0 Å². The number of aromatic carboxylic acids is 1. The van der Waals surface area contributed by atoms with E-state index in [0.717, 1.165) is 0 Å². The number of pyridine rings is 2. The van der Waals surface area contributed by atoms with Crippen LogP contribution in [0.2, 0.25) is 0 Å². The summed E-state index contributed by atoms with van der Waals surface area (Å²) in [5, 5.41) is 11.4. The molecule has 2 N–H and O–H groups in total. The van der Waals surface area contributed by atoms with E-state index in [0.29, 0.717) is 17.1 Å². The maximum Gasteiger partial charge on any atom is 0.337 e. The summed E-state index contributed by atoms with van der Waals surface area (Å²) in [6, 6.07) is 4.43. The fraction of sp³-hybridized carbons (Fsp3) is 0.0769. The molecule has 2 rings (SSSR count). The highest BCUT2D eigenvalue weighted by Gasteiger charge is 2.09. The van der Waals surface area contributed by atoms with Gasteiger partial charge in [0.15, 0.2) is 0 Å². The Hall–Kier alpha value is -2.96. The zero-order valence-electron chi connectivity index (χ0n) is 10.5. The number of ether oxygens (including phenoxy) is 1. The predicted molar refractivity (Wildman–Crippen MR) is 69.9 cm³/mol. The number of hydrogen-bond donors (Lipinski definition) is 2. The predicted octanol–water partition coefficient (Wildman–Crippen LogP) is 1.44. The van der Waals surface area contributed by atoms with Gasteiger partial charge in [-0.25, -0.2) is 9.78 Å². The number of hydrogen-bond acceptors (Lipinski definition) is 5. The van der Waals surface area contributed by atoms with Crippen LogP contribution in [0.1, 0.15) is 20.7 Å². The van der Waals surface area contributed by atoms with Gasteiger partial charge < -0.3 is 15.2 Å². The molecule has 0 fully saturated rings. The first-order valence-electron chi connectivity index (χ1n) is 5.60. The highest BCUT2D eigenvalue weighted by Crippen LogP contribution is 2.12. The summed E-state index contributed by atoms with van der Waals surface area (Å²) in [5.41, 5.74) is 0.618. The second-order valence-electron chi connectivity index (χ2n) is 3.81. The molecule has 0 aromatic carbocycles. The molecule has 0 atom stereocenters. The molecule has 0 aliphatic rings. The number of carbonyl (C=O) groups excluding carboxylic acids is 1. The topological polar surface area (TPSA) is 101 Å². The molecule has 7 heteroatoms. The Morgan fingerprint density at radius 2 is 2.00 bits per heavy atom. The highest BCUT2D eigenvalue weighted by atomic mass is 16.5. The molecular formula is C13H11N3O4. The van der Waals surface area contributed by atoms with Crippen LogP contribution in [-0.2, 0) is 0 Å². The smallest absolute Gasteiger partial charge is 0.337 e. The molecule has 0 aliphatic carbocycles. The fourth-order valence-corrected chi connectivity index (χ4v) is 1.46. The molecule has 0 radical (unpaired) electrons. The third-order valence-electron chi connectivity index (χ3n) is 2.45. The minimum Gasteiger partial charge on any atom is -0.481 e. The number of nitrogens with zero attached hydrogens (tertiary/aromatic N) is 2. The van der Waals surface area contributed by atoms with Gasteiger partial charge in [0.05, 0.1) is 30.1 Å². The zero-order chi connectivity index (χ0) is 14.5. The van der Waals surface area contributed by atoms with E-state index in [2.05, 4.69) is 15.3 Å². The quantitative estimate of drug-likeness (QED) is 0.873. The van der Waals surface area contributed by atoms with E-state index in [-0.39, 0.29) is 5.56 Å². The number of carboxylic acid groups (broad SMARTS) is 1. The van der Waals surface area contributed by atoms with E-state index in [4.69, 9.17) is 9.84 Å². The first-order valence-corrected chi connectivity index (χ1v) is 5.60. The minimum absolute atomic E-state index is 0.00402. The lowest BCUT2D eigenvalue weighted by Gasteiger charge is -2.05. The molecule has 20 heavy (non-hydrogen) atoms. The lowest BCUT2D eigenvalue weighted by Crippen LogP contribution is -2.13. The van der Waals surface area contributed by atoms with E-state index in [1.807, 2.05) is 0 Å². The second-order valence-corrected chi connectivity index (χ2v) is 3.81. The maximum absolute atomic E-state index is 11.9. The van der Waals surface area contributed by atoms with Crippen molar-refractivity contribution in [2.24, 2.45) is 0 Å². The Kier molecular flexibility index (Phi) is 3.90. The molecule has 0 saturated carbocycles. The van der Waals surface area contributed by atoms with Crippen LogP contribution in [0.3, 0.4) is 0 Å². The summed E-state index contributed by atoms with van der Waals surface area (Å²) < 4.78 is 4.89. The average Bonchev–Trinajstić information content (AvgIpc) is 2.47. The van der Waals surface area contributed by atoms with E-state index >= 15 is 0 Å². The number of aromatic nitrogens is 2. The number of amides is 1. The SMILES string of the molecule is COc1ccc(C(=O)Nc2cncc(C(=O)O)c2)cn1. The van der Waals surface area contributed by atoms with Crippen LogP contribution in [0.4, 0.5) is 5.69 Å². The van der Waals surface area contributed by atoms with Crippen LogP contribution in [-0.4, -0.2) is 34.1 Å². The molecule has 0 bridgehead atoms. The normalized spacial score (nSPS) is 9.85. The van der Waals surface area contributed by atoms with Gasteiger partial charge in [0.25, 0.3) is 5.91 Å². The lowest BCUT2D eigenvalue weighted by atomic mass is 10.2. The number of nitrogens with one attached hydrogen (secondary N) is 1. The van der Waals surface area contributed by atoms with E-state index in [1.165, 1.54) is 31.8 Å². The minimum atomic E-state index is -1.11. The molecule has 2 heterocycles. The van der Waals surface area contributed by atoms with Gasteiger partial charge in [0, 0.05) is 18.5 Å². The monoisotopic (exact) mass is 273 g/mol. The summed E-state index contributed by atoms with van der Waals surface area (Å²) in [6.07, 6.45) is 3.93. The molecule has 0 spiro atoms. The van der Waals surface area contributed by atoms with Crippen molar-refractivity contribution in [3.05, 3.63) is 47.9 Å². The van der Waals surface area contributed by atoms with Crippen molar-refractivity contribution in [3.63, 3.8) is 0 Å². The summed E-state index contributed by atoms with van der Waals surface area (Å²) in [4.78, 5) is 30.4. The molecule has 0 saturated heterocycles. The van der Waals surface area contributed by atoms with Gasteiger partial charge in [-0.15, -0.1) is 0 Å². The largest absolute Gasteiger partial charge is 0.481 e. The van der Waals surface area contributed by atoms with Gasteiger partial charge in [-0.2, -0.15) is 0 Å². The molecule has 0 aliphatic heterocycles. The maximum atomic E-state index is 11.9. The Bertz CT molecular complexity index is 640. The lowest BCUT2D eigenvalue weighted by molar-refractivity contribution is 0.0696. The summed E-state index contributed by atoms with van der Waals surface area (Å²) in [7, 11) is 1.48. The Balaban J connectivity index is 2.14. The average molecular weight is 273 g/mol. The van der Waals surface area contributed by atoms with Crippen LogP contribution in [0.15, 0.2) is 36.8 Å². The van der Waals surface area contributed by atoms with Gasteiger partial charge >= 0.3 is 5.97 Å². The first kappa shape index (κ1) is 13.5. The van der Waals surface area contributed by atoms with E-state index in [1.54, 1.807) is 12.1 Å². The molecule has 1 amide bonds. The number of anilines is 1. The molecule has 2 aromatic rings. The van der Waals surface area contributed by atoms with Crippen molar-refractivity contribution in [1.82, 2.24) is 9.97 Å². The highest BCUT2D eigenvalue weighted by molar-refractivity contribution is 6.04. The zero-order valence-corrected chi connectivity index (χ0v) is 10.5. The number of carbonyl (C=O) groups is 2. The van der Waals surface area contributed by atoms with Gasteiger partial charge in [-0.3, -0.25) is 9.78 Å². The Morgan fingerprint density at radius 1 is 1.20 bits per heavy atom. The second kappa shape index (κ2) is 5.79. The van der Waals surface area contributed by atoms with Crippen LogP contribution < -0.4 is 10.1 Å². The number of rotatable bonds is 4. The van der Waals surface area contributed by atoms with Gasteiger partial charge in [-0.05, 0) is 12.1 Å². The van der Waals surface area contributed by atoms with Gasteiger partial charge in [0.2, 0.25) is 5.88 Å². The van der Waals surface area contributed by atoms with Gasteiger partial charge in [-0.1, -0.05) is 0 Å². The van der Waals surface area contributed by atoms with Crippen molar-refractivity contribution in [2.75, 3.05) is 12.4 Å². The fourth-order valence-electron chi connectivity index (χ4n) is 1.46. The molecule has 0 unspecified atom stereocenters. The molecule has 2 aromatic heterocycles. The molecule has 7 nitrogen and oxygen atoms in total. The van der Waals surface area contributed by atoms with Crippen LogP contribution in [0.5, 0.6) is 5.88 Å². The van der Waals surface area contributed by atoms with E-state index in [9.17, 15) is 9.59 Å². The van der Waals surface area contributed by atoms with Crippen molar-refractivity contribution in [3.8, 4) is 5.88 Å². The van der Waals surface area contributed by atoms with Crippen LogP contribution >= 0.6 is 0 Å².